The average molecular weight is 290 g/mol. The molecule has 1 aromatic rings. The molecule has 2 heterocycles. The number of amides is 1. The van der Waals surface area contributed by atoms with Gasteiger partial charge < -0.3 is 15.3 Å². The molecule has 5 heteroatoms. The number of fused-ring (bicyclic) bond motifs is 3. The molecule has 2 aliphatic rings. The van der Waals surface area contributed by atoms with Crippen molar-refractivity contribution >= 4 is 17.7 Å². The molecule has 1 fully saturated rings. The first-order valence-corrected chi connectivity index (χ1v) is 7.18. The van der Waals surface area contributed by atoms with E-state index in [4.69, 9.17) is 5.11 Å². The molecular formula is C16H19FN2O2. The van der Waals surface area contributed by atoms with E-state index in [9.17, 15) is 9.18 Å². The summed E-state index contributed by atoms with van der Waals surface area (Å²) in [6, 6.07) is 3.80. The summed E-state index contributed by atoms with van der Waals surface area (Å²) >= 11 is 0. The Hall–Kier alpha value is -1.88. The fourth-order valence-corrected chi connectivity index (χ4v) is 3.50. The Labute approximate surface area is 123 Å². The Kier molecular flexibility index (Phi) is 3.45. The molecule has 3 atom stereocenters. The van der Waals surface area contributed by atoms with Gasteiger partial charge in [0.2, 0.25) is 5.91 Å². The van der Waals surface area contributed by atoms with Gasteiger partial charge in [0.05, 0.1) is 5.69 Å². The van der Waals surface area contributed by atoms with Gasteiger partial charge in [0.1, 0.15) is 6.61 Å². The number of aliphatic hydroxyl groups excluding tert-OH is 1. The number of halogens is 1. The predicted octanol–water partition coefficient (Wildman–Crippen LogP) is 1.96. The predicted molar refractivity (Wildman–Crippen MR) is 79.5 cm³/mol. The number of likely N-dealkylation sites (tertiary alicyclic amines) is 1. The van der Waals surface area contributed by atoms with E-state index >= 15 is 0 Å². The zero-order valence-electron chi connectivity index (χ0n) is 12.0. The van der Waals surface area contributed by atoms with Crippen molar-refractivity contribution in [3.63, 3.8) is 0 Å². The van der Waals surface area contributed by atoms with Crippen molar-refractivity contribution in [3.05, 3.63) is 35.7 Å². The summed E-state index contributed by atoms with van der Waals surface area (Å²) in [4.78, 5) is 13.5. The number of carbonyl (C=O) groups is 1. The highest BCUT2D eigenvalue weighted by atomic mass is 19.1. The zero-order chi connectivity index (χ0) is 15.1. The molecule has 2 unspecified atom stereocenters. The lowest BCUT2D eigenvalue weighted by Crippen LogP contribution is -2.50. The van der Waals surface area contributed by atoms with Crippen LogP contribution in [-0.2, 0) is 4.79 Å². The van der Waals surface area contributed by atoms with Crippen LogP contribution in [0.2, 0.25) is 0 Å². The second-order valence-corrected chi connectivity index (χ2v) is 5.78. The van der Waals surface area contributed by atoms with E-state index < -0.39 is 6.61 Å². The van der Waals surface area contributed by atoms with Gasteiger partial charge in [-0.05, 0) is 18.9 Å². The standard InChI is InChI=1S/C16H19FN2O2/c1-3-10-4-5-11-12-7-19(14(21)8-20)9(2)6-13(12)18-16(11)15(10)17/h3-5,9,12-13,18,20H,1,6-8H2,2H3/t9-,12?,13?/m1/s1. The minimum Gasteiger partial charge on any atom is -0.387 e. The highest BCUT2D eigenvalue weighted by Crippen LogP contribution is 2.43. The third kappa shape index (κ3) is 2.12. The largest absolute Gasteiger partial charge is 0.387 e. The fourth-order valence-electron chi connectivity index (χ4n) is 3.50. The van der Waals surface area contributed by atoms with Gasteiger partial charge in [-0.25, -0.2) is 4.39 Å². The Morgan fingerprint density at radius 1 is 1.62 bits per heavy atom. The monoisotopic (exact) mass is 290 g/mol. The molecule has 0 saturated carbocycles. The number of anilines is 1. The van der Waals surface area contributed by atoms with Gasteiger partial charge >= 0.3 is 0 Å². The van der Waals surface area contributed by atoms with Crippen LogP contribution in [0, 0.1) is 5.82 Å². The lowest BCUT2D eigenvalue weighted by molar-refractivity contribution is -0.137. The van der Waals surface area contributed by atoms with Gasteiger partial charge in [0, 0.05) is 30.1 Å². The van der Waals surface area contributed by atoms with E-state index in [-0.39, 0.29) is 29.7 Å². The molecule has 0 spiro atoms. The van der Waals surface area contributed by atoms with E-state index in [1.54, 1.807) is 11.0 Å². The maximum absolute atomic E-state index is 14.4. The average Bonchev–Trinajstić information content (AvgIpc) is 2.84. The Bertz CT molecular complexity index is 602. The maximum Gasteiger partial charge on any atom is 0.248 e. The molecule has 112 valence electrons. The third-order valence-corrected chi connectivity index (χ3v) is 4.61. The zero-order valence-corrected chi connectivity index (χ0v) is 12.0. The third-order valence-electron chi connectivity index (χ3n) is 4.61. The highest BCUT2D eigenvalue weighted by molar-refractivity contribution is 5.78. The van der Waals surface area contributed by atoms with Crippen LogP contribution in [0.3, 0.4) is 0 Å². The van der Waals surface area contributed by atoms with Crippen molar-refractivity contribution in [1.82, 2.24) is 4.90 Å². The molecule has 0 aliphatic carbocycles. The number of piperidine rings is 1. The first-order chi connectivity index (χ1) is 10.1. The van der Waals surface area contributed by atoms with Crippen molar-refractivity contribution in [2.45, 2.75) is 31.3 Å². The summed E-state index contributed by atoms with van der Waals surface area (Å²) < 4.78 is 14.4. The number of nitrogens with zero attached hydrogens (tertiary/aromatic N) is 1. The number of carbonyl (C=O) groups excluding carboxylic acids is 1. The summed E-state index contributed by atoms with van der Waals surface area (Å²) in [5.41, 5.74) is 1.93. The quantitative estimate of drug-likeness (QED) is 0.875. The molecular weight excluding hydrogens is 271 g/mol. The van der Waals surface area contributed by atoms with Crippen LogP contribution in [0.1, 0.15) is 30.4 Å². The summed E-state index contributed by atoms with van der Waals surface area (Å²) in [6.45, 7) is 5.61. The van der Waals surface area contributed by atoms with Gasteiger partial charge in [0.25, 0.3) is 0 Å². The van der Waals surface area contributed by atoms with Crippen LogP contribution in [0.15, 0.2) is 18.7 Å². The van der Waals surface area contributed by atoms with Crippen LogP contribution in [0.25, 0.3) is 6.08 Å². The van der Waals surface area contributed by atoms with Crippen LogP contribution < -0.4 is 5.32 Å². The van der Waals surface area contributed by atoms with Crippen LogP contribution in [0.4, 0.5) is 10.1 Å². The van der Waals surface area contributed by atoms with Crippen molar-refractivity contribution < 1.29 is 14.3 Å². The minimum absolute atomic E-state index is 0.0367. The van der Waals surface area contributed by atoms with Gasteiger partial charge in [-0.1, -0.05) is 24.8 Å². The lowest BCUT2D eigenvalue weighted by atomic mass is 9.86. The molecule has 1 aromatic carbocycles. The molecule has 2 aliphatic heterocycles. The molecule has 0 aromatic heterocycles. The number of hydrogen-bond acceptors (Lipinski definition) is 3. The van der Waals surface area contributed by atoms with E-state index in [1.165, 1.54) is 6.08 Å². The number of nitrogens with one attached hydrogen (secondary N) is 1. The van der Waals surface area contributed by atoms with Gasteiger partial charge in [-0.15, -0.1) is 0 Å². The van der Waals surface area contributed by atoms with E-state index in [0.29, 0.717) is 17.8 Å². The number of rotatable bonds is 2. The smallest absolute Gasteiger partial charge is 0.248 e. The second-order valence-electron chi connectivity index (χ2n) is 5.78. The molecule has 1 amide bonds. The minimum atomic E-state index is -0.480. The summed E-state index contributed by atoms with van der Waals surface area (Å²) in [5, 5.41) is 12.3. The molecule has 4 nitrogen and oxygen atoms in total. The van der Waals surface area contributed by atoms with Gasteiger partial charge in [0.15, 0.2) is 5.82 Å². The lowest BCUT2D eigenvalue weighted by Gasteiger charge is -2.40. The Balaban J connectivity index is 1.95. The van der Waals surface area contributed by atoms with Crippen LogP contribution in [-0.4, -0.2) is 41.1 Å². The first-order valence-electron chi connectivity index (χ1n) is 7.18. The molecule has 1 saturated heterocycles. The van der Waals surface area contributed by atoms with E-state index in [2.05, 4.69) is 11.9 Å². The molecule has 0 bridgehead atoms. The first kappa shape index (κ1) is 14.1. The van der Waals surface area contributed by atoms with Gasteiger partial charge in [-0.2, -0.15) is 0 Å². The van der Waals surface area contributed by atoms with Crippen LogP contribution >= 0.6 is 0 Å². The summed E-state index contributed by atoms with van der Waals surface area (Å²) in [7, 11) is 0. The number of benzene rings is 1. The Morgan fingerprint density at radius 2 is 2.38 bits per heavy atom. The number of aliphatic hydroxyl groups is 1. The number of hydrogen-bond donors (Lipinski definition) is 2. The summed E-state index contributed by atoms with van der Waals surface area (Å²) in [6.07, 6.45) is 2.25. The van der Waals surface area contributed by atoms with Crippen molar-refractivity contribution in [2.24, 2.45) is 0 Å². The SMILES string of the molecule is C=Cc1ccc2c(c1F)NC1C[C@@H](C)N(C(=O)CO)CC21. The molecule has 0 radical (unpaired) electrons. The Morgan fingerprint density at radius 3 is 3.05 bits per heavy atom. The second kappa shape index (κ2) is 5.15. The molecule has 21 heavy (non-hydrogen) atoms. The normalized spacial score (nSPS) is 26.8. The maximum atomic E-state index is 14.4. The fraction of sp³-hybridized carbons (Fsp3) is 0.438. The van der Waals surface area contributed by atoms with E-state index in [0.717, 1.165) is 12.0 Å². The van der Waals surface area contributed by atoms with Crippen molar-refractivity contribution in [1.29, 1.82) is 0 Å². The van der Waals surface area contributed by atoms with E-state index in [1.807, 2.05) is 13.0 Å². The van der Waals surface area contributed by atoms with Crippen molar-refractivity contribution in [2.75, 3.05) is 18.5 Å². The van der Waals surface area contributed by atoms with Crippen molar-refractivity contribution in [3.8, 4) is 0 Å². The van der Waals surface area contributed by atoms with Crippen LogP contribution in [0.5, 0.6) is 0 Å². The summed E-state index contributed by atoms with van der Waals surface area (Å²) in [5.74, 6) is -0.470. The molecule has 3 rings (SSSR count). The topological polar surface area (TPSA) is 52.6 Å². The molecule has 2 N–H and O–H groups in total. The van der Waals surface area contributed by atoms with Gasteiger partial charge in [-0.3, -0.25) is 4.79 Å². The highest BCUT2D eigenvalue weighted by Gasteiger charge is 2.42.